The first-order chi connectivity index (χ1) is 9.74. The van der Waals surface area contributed by atoms with Crippen LogP contribution in [0.15, 0.2) is 39.5 Å². The lowest BCUT2D eigenvalue weighted by molar-refractivity contribution is 0.310. The molecule has 0 amide bonds. The number of anilines is 2. The van der Waals surface area contributed by atoms with Crippen LogP contribution in [0, 0.1) is 0 Å². The van der Waals surface area contributed by atoms with E-state index >= 15 is 0 Å². The van der Waals surface area contributed by atoms with E-state index in [1.807, 2.05) is 42.3 Å². The Bertz CT molecular complexity index is 693. The Hall–Kier alpha value is -2.90. The first kappa shape index (κ1) is 12.2. The molecule has 0 saturated heterocycles. The van der Waals surface area contributed by atoms with Gasteiger partial charge in [0, 0.05) is 13.6 Å². The average Bonchev–Trinajstić information content (AvgIpc) is 3.08. The zero-order valence-corrected chi connectivity index (χ0v) is 10.7. The Morgan fingerprint density at radius 1 is 1.15 bits per heavy atom. The van der Waals surface area contributed by atoms with Gasteiger partial charge in [0.2, 0.25) is 5.82 Å². The van der Waals surface area contributed by atoms with Crippen molar-refractivity contribution in [1.29, 1.82) is 0 Å². The van der Waals surface area contributed by atoms with Crippen LogP contribution in [-0.2, 0) is 6.54 Å². The maximum atomic E-state index is 5.58. The van der Waals surface area contributed by atoms with E-state index in [9.17, 15) is 0 Å². The summed E-state index contributed by atoms with van der Waals surface area (Å²) >= 11 is 0. The highest BCUT2D eigenvalue weighted by atomic mass is 16.6. The summed E-state index contributed by atoms with van der Waals surface area (Å²) in [6.45, 7) is 0.648. The maximum absolute atomic E-state index is 5.58. The highest BCUT2D eigenvalue weighted by molar-refractivity contribution is 5.62. The summed E-state index contributed by atoms with van der Waals surface area (Å²) in [7, 11) is 1.86. The summed E-state index contributed by atoms with van der Waals surface area (Å²) in [6.07, 6.45) is 0. The number of nitrogen functional groups attached to an aromatic ring is 1. The topological polar surface area (TPSA) is 107 Å². The molecule has 102 valence electrons. The second-order valence-electron chi connectivity index (χ2n) is 4.24. The molecule has 20 heavy (non-hydrogen) atoms. The second-order valence-corrected chi connectivity index (χ2v) is 4.24. The van der Waals surface area contributed by atoms with Crippen molar-refractivity contribution in [2.45, 2.75) is 6.54 Å². The quantitative estimate of drug-likeness (QED) is 0.758. The fourth-order valence-corrected chi connectivity index (χ4v) is 1.74. The van der Waals surface area contributed by atoms with Gasteiger partial charge in [0.05, 0.1) is 0 Å². The third-order valence-corrected chi connectivity index (χ3v) is 2.73. The molecule has 0 atom stereocenters. The SMILES string of the molecule is CN(Cc1ccccc1)c1nc(-c2nonc2N)no1. The molecule has 0 aliphatic heterocycles. The third kappa shape index (κ3) is 2.30. The molecule has 0 radical (unpaired) electrons. The Balaban J connectivity index is 1.78. The zero-order valence-electron chi connectivity index (χ0n) is 10.7. The molecule has 0 bridgehead atoms. The van der Waals surface area contributed by atoms with E-state index in [0.29, 0.717) is 12.6 Å². The van der Waals surface area contributed by atoms with Gasteiger partial charge in [-0.25, -0.2) is 4.63 Å². The van der Waals surface area contributed by atoms with Crippen LogP contribution in [0.5, 0.6) is 0 Å². The molecule has 0 fully saturated rings. The van der Waals surface area contributed by atoms with Crippen molar-refractivity contribution >= 4 is 11.8 Å². The van der Waals surface area contributed by atoms with Gasteiger partial charge in [0.1, 0.15) is 0 Å². The molecule has 8 nitrogen and oxygen atoms in total. The minimum Gasteiger partial charge on any atom is -0.379 e. The second kappa shape index (κ2) is 5.00. The van der Waals surface area contributed by atoms with Crippen molar-refractivity contribution in [1.82, 2.24) is 20.5 Å². The molecule has 0 saturated carbocycles. The molecule has 3 rings (SSSR count). The fourth-order valence-electron chi connectivity index (χ4n) is 1.74. The van der Waals surface area contributed by atoms with Crippen LogP contribution in [0.1, 0.15) is 5.56 Å². The molecule has 8 heteroatoms. The summed E-state index contributed by atoms with van der Waals surface area (Å²) in [5, 5.41) is 10.9. The number of hydrogen-bond donors (Lipinski definition) is 1. The largest absolute Gasteiger partial charge is 0.379 e. The van der Waals surface area contributed by atoms with Crippen LogP contribution in [0.25, 0.3) is 11.5 Å². The first-order valence-corrected chi connectivity index (χ1v) is 5.91. The summed E-state index contributed by atoms with van der Waals surface area (Å²) in [5.74, 6) is 0.377. The molecular weight excluding hydrogens is 260 g/mol. The fraction of sp³-hybridized carbons (Fsp3) is 0.167. The van der Waals surface area contributed by atoms with E-state index in [4.69, 9.17) is 10.3 Å². The third-order valence-electron chi connectivity index (χ3n) is 2.73. The van der Waals surface area contributed by atoms with E-state index in [1.54, 1.807) is 0 Å². The van der Waals surface area contributed by atoms with Crippen LogP contribution in [-0.4, -0.2) is 27.5 Å². The molecule has 0 aliphatic rings. The summed E-state index contributed by atoms with van der Waals surface area (Å²) in [6, 6.07) is 10.3. The minimum absolute atomic E-state index is 0.128. The van der Waals surface area contributed by atoms with Crippen LogP contribution in [0.3, 0.4) is 0 Å². The highest BCUT2D eigenvalue weighted by Crippen LogP contribution is 2.21. The summed E-state index contributed by atoms with van der Waals surface area (Å²) < 4.78 is 9.68. The lowest BCUT2D eigenvalue weighted by Crippen LogP contribution is -2.16. The van der Waals surface area contributed by atoms with Gasteiger partial charge in [-0.2, -0.15) is 4.98 Å². The van der Waals surface area contributed by atoms with Crippen LogP contribution >= 0.6 is 0 Å². The Kier molecular flexibility index (Phi) is 3.04. The van der Waals surface area contributed by atoms with Gasteiger partial charge >= 0.3 is 6.01 Å². The number of aromatic nitrogens is 4. The monoisotopic (exact) mass is 272 g/mol. The smallest absolute Gasteiger partial charge is 0.324 e. The van der Waals surface area contributed by atoms with Gasteiger partial charge in [0.15, 0.2) is 11.5 Å². The predicted molar refractivity (Wildman–Crippen MR) is 70.6 cm³/mol. The van der Waals surface area contributed by atoms with E-state index in [-0.39, 0.29) is 17.3 Å². The normalized spacial score (nSPS) is 10.7. The zero-order chi connectivity index (χ0) is 13.9. The molecular formula is C12H12N6O2. The Labute approximate surface area is 114 Å². The van der Waals surface area contributed by atoms with E-state index in [1.165, 1.54) is 0 Å². The molecule has 2 heterocycles. The van der Waals surface area contributed by atoms with Crippen molar-refractivity contribution < 1.29 is 9.15 Å². The van der Waals surface area contributed by atoms with Crippen molar-refractivity contribution in [2.24, 2.45) is 0 Å². The average molecular weight is 272 g/mol. The predicted octanol–water partition coefficient (Wildman–Crippen LogP) is 1.34. The number of rotatable bonds is 4. The van der Waals surface area contributed by atoms with Crippen LogP contribution in [0.2, 0.25) is 0 Å². The van der Waals surface area contributed by atoms with Gasteiger partial charge in [-0.05, 0) is 15.9 Å². The van der Waals surface area contributed by atoms with Gasteiger partial charge in [-0.3, -0.25) is 0 Å². The summed E-state index contributed by atoms with van der Waals surface area (Å²) in [4.78, 5) is 6.04. The molecule has 0 aliphatic carbocycles. The number of nitrogens with two attached hydrogens (primary N) is 1. The molecule has 3 aromatic rings. The Morgan fingerprint density at radius 2 is 1.95 bits per heavy atom. The number of nitrogens with zero attached hydrogens (tertiary/aromatic N) is 5. The number of hydrogen-bond acceptors (Lipinski definition) is 8. The summed E-state index contributed by atoms with van der Waals surface area (Å²) in [5.41, 5.74) is 6.99. The lowest BCUT2D eigenvalue weighted by atomic mass is 10.2. The van der Waals surface area contributed by atoms with E-state index < -0.39 is 0 Å². The standard InChI is InChI=1S/C12H12N6O2/c1-18(7-8-5-3-2-4-6-8)12-14-11(17-19-12)9-10(13)16-20-15-9/h2-6H,7H2,1H3,(H2,13,16). The van der Waals surface area contributed by atoms with Gasteiger partial charge in [-0.15, -0.1) is 0 Å². The molecule has 2 N–H and O–H groups in total. The van der Waals surface area contributed by atoms with E-state index in [0.717, 1.165) is 5.56 Å². The van der Waals surface area contributed by atoms with E-state index in [2.05, 4.69) is 25.1 Å². The molecule has 0 spiro atoms. The minimum atomic E-state index is 0.128. The van der Waals surface area contributed by atoms with Crippen molar-refractivity contribution in [3.63, 3.8) is 0 Å². The van der Waals surface area contributed by atoms with Gasteiger partial charge < -0.3 is 15.2 Å². The molecule has 2 aromatic heterocycles. The molecule has 0 unspecified atom stereocenters. The first-order valence-electron chi connectivity index (χ1n) is 5.91. The van der Waals surface area contributed by atoms with Crippen molar-refractivity contribution in [3.8, 4) is 11.5 Å². The molecule has 1 aromatic carbocycles. The maximum Gasteiger partial charge on any atom is 0.324 e. The van der Waals surface area contributed by atoms with Gasteiger partial charge in [0.25, 0.3) is 0 Å². The van der Waals surface area contributed by atoms with Crippen LogP contribution in [0.4, 0.5) is 11.8 Å². The van der Waals surface area contributed by atoms with Crippen molar-refractivity contribution in [2.75, 3.05) is 17.7 Å². The van der Waals surface area contributed by atoms with Crippen molar-refractivity contribution in [3.05, 3.63) is 35.9 Å². The highest BCUT2D eigenvalue weighted by Gasteiger charge is 2.18. The van der Waals surface area contributed by atoms with Crippen LogP contribution < -0.4 is 10.6 Å². The lowest BCUT2D eigenvalue weighted by Gasteiger charge is -2.13. The Morgan fingerprint density at radius 3 is 2.65 bits per heavy atom. The van der Waals surface area contributed by atoms with Gasteiger partial charge in [-0.1, -0.05) is 35.5 Å². The number of benzene rings is 1.